The molecule has 4 N–H and O–H groups in total. The van der Waals surface area contributed by atoms with Crippen molar-refractivity contribution in [1.82, 2.24) is 20.2 Å². The number of hydrogen-bond donors (Lipinski definition) is 4. The molecule has 208 valence electrons. The van der Waals surface area contributed by atoms with Gasteiger partial charge in [0.05, 0.1) is 29.6 Å². The van der Waals surface area contributed by atoms with Gasteiger partial charge in [0.1, 0.15) is 0 Å². The van der Waals surface area contributed by atoms with E-state index in [4.69, 9.17) is 26.2 Å². The Bertz CT molecular complexity index is 1340. The van der Waals surface area contributed by atoms with Crippen LogP contribution in [0.2, 0.25) is 5.02 Å². The molecule has 0 spiro atoms. The number of imidazole rings is 1. The number of benzene rings is 2. The summed E-state index contributed by atoms with van der Waals surface area (Å²) in [5.74, 6) is -2.92. The Morgan fingerprint density at radius 2 is 1.90 bits per heavy atom. The summed E-state index contributed by atoms with van der Waals surface area (Å²) in [6, 6.07) is 7.22. The zero-order valence-electron chi connectivity index (χ0n) is 21.3. The number of methoxy groups -OCH3 is 1. The van der Waals surface area contributed by atoms with Crippen molar-refractivity contribution in [1.29, 1.82) is 0 Å². The molecule has 0 radical (unpaired) electrons. The van der Waals surface area contributed by atoms with Crippen molar-refractivity contribution in [2.45, 2.75) is 12.8 Å². The van der Waals surface area contributed by atoms with E-state index in [2.05, 4.69) is 20.9 Å². The van der Waals surface area contributed by atoms with Crippen LogP contribution in [-0.2, 0) is 11.8 Å². The van der Waals surface area contributed by atoms with Crippen molar-refractivity contribution in [3.05, 3.63) is 64.6 Å². The number of amides is 2. The minimum atomic E-state index is -1.13. The number of halogens is 3. The van der Waals surface area contributed by atoms with Gasteiger partial charge in [-0.05, 0) is 62.2 Å². The lowest BCUT2D eigenvalue weighted by atomic mass is 9.98. The topological polar surface area (TPSA) is 135 Å². The average molecular weight is 564 g/mol. The van der Waals surface area contributed by atoms with Crippen LogP contribution in [0.15, 0.2) is 36.5 Å². The minimum Gasteiger partial charge on any atom is -0.494 e. The first-order valence-corrected chi connectivity index (χ1v) is 12.3. The van der Waals surface area contributed by atoms with Crippen LogP contribution < -0.4 is 20.7 Å². The maximum atomic E-state index is 14.5. The fraction of sp³-hybridized carbons (Fsp3) is 0.308. The van der Waals surface area contributed by atoms with E-state index in [0.717, 1.165) is 25.9 Å². The first-order valence-electron chi connectivity index (χ1n) is 11.9. The number of nitrogens with zero attached hydrogens (tertiary/aromatic N) is 2. The first kappa shape index (κ1) is 29.5. The lowest BCUT2D eigenvalue weighted by Gasteiger charge is -2.22. The molecular weight excluding hydrogens is 536 g/mol. The van der Waals surface area contributed by atoms with Gasteiger partial charge in [-0.2, -0.15) is 4.39 Å². The van der Waals surface area contributed by atoms with Crippen molar-refractivity contribution in [2.24, 2.45) is 13.0 Å². The average Bonchev–Trinajstić information content (AvgIpc) is 3.31. The lowest BCUT2D eigenvalue weighted by Crippen LogP contribution is -2.36. The van der Waals surface area contributed by atoms with Crippen molar-refractivity contribution in [3.8, 4) is 17.0 Å². The molecule has 1 fully saturated rings. The summed E-state index contributed by atoms with van der Waals surface area (Å²) in [5, 5.41) is 15.9. The summed E-state index contributed by atoms with van der Waals surface area (Å²) in [4.78, 5) is 37.8. The van der Waals surface area contributed by atoms with Gasteiger partial charge in [0, 0.05) is 24.8 Å². The monoisotopic (exact) mass is 563 g/mol. The van der Waals surface area contributed by atoms with E-state index in [1.165, 1.54) is 49.2 Å². The molecule has 39 heavy (non-hydrogen) atoms. The van der Waals surface area contributed by atoms with E-state index < -0.39 is 17.5 Å². The number of piperidine rings is 1. The zero-order valence-corrected chi connectivity index (χ0v) is 22.0. The van der Waals surface area contributed by atoms with Crippen LogP contribution in [0.1, 0.15) is 33.8 Å². The molecule has 2 amide bonds. The maximum absolute atomic E-state index is 14.5. The fourth-order valence-corrected chi connectivity index (χ4v) is 4.41. The number of carbonyl (C=O) groups is 3. The number of hydrogen-bond acceptors (Lipinski definition) is 6. The van der Waals surface area contributed by atoms with Crippen LogP contribution in [0.4, 0.5) is 14.5 Å². The SMILES string of the molecule is COc1ccc(-c2cnc(C(=O)Nc3ccc(C(=O)NCC4CCNCC4)c(Cl)c3)n2C)c(F)c1F.O=CO. The van der Waals surface area contributed by atoms with Crippen LogP contribution in [0.25, 0.3) is 11.3 Å². The Labute approximate surface area is 228 Å². The van der Waals surface area contributed by atoms with Crippen LogP contribution in [0.5, 0.6) is 5.75 Å². The highest BCUT2D eigenvalue weighted by molar-refractivity contribution is 6.34. The van der Waals surface area contributed by atoms with Gasteiger partial charge in [-0.1, -0.05) is 11.6 Å². The lowest BCUT2D eigenvalue weighted by molar-refractivity contribution is -0.122. The van der Waals surface area contributed by atoms with Gasteiger partial charge in [-0.25, -0.2) is 9.37 Å². The standard InChI is InChI=1S/C25H26ClF2N5O3.CH2O2/c1-33-19(17-5-6-20(36-2)22(28)21(17)27)13-30-23(33)25(35)32-15-3-4-16(18(26)11-15)24(34)31-12-14-7-9-29-10-8-14;2-1-3/h3-6,11,13-14,29H,7-10,12H2,1-2H3,(H,31,34)(H,32,35);1H,(H,2,3). The summed E-state index contributed by atoms with van der Waals surface area (Å²) in [6.45, 7) is 2.22. The van der Waals surface area contributed by atoms with Gasteiger partial charge >= 0.3 is 0 Å². The summed E-state index contributed by atoms with van der Waals surface area (Å²) in [6.07, 6.45) is 3.30. The Morgan fingerprint density at radius 3 is 2.54 bits per heavy atom. The zero-order chi connectivity index (χ0) is 28.5. The molecule has 0 atom stereocenters. The van der Waals surface area contributed by atoms with Gasteiger partial charge in [-0.15, -0.1) is 0 Å². The Balaban J connectivity index is 0.00000134. The second-order valence-electron chi connectivity index (χ2n) is 8.63. The molecule has 13 heteroatoms. The number of ether oxygens (including phenoxy) is 1. The van der Waals surface area contributed by atoms with E-state index >= 15 is 0 Å². The second-order valence-corrected chi connectivity index (χ2v) is 9.03. The van der Waals surface area contributed by atoms with Gasteiger partial charge in [0.25, 0.3) is 18.3 Å². The molecule has 0 saturated carbocycles. The number of aromatic nitrogens is 2. The molecule has 0 bridgehead atoms. The van der Waals surface area contributed by atoms with Gasteiger partial charge in [0.15, 0.2) is 17.4 Å². The smallest absolute Gasteiger partial charge is 0.291 e. The molecule has 0 unspecified atom stereocenters. The molecule has 1 aliphatic rings. The van der Waals surface area contributed by atoms with E-state index in [0.29, 0.717) is 23.7 Å². The molecule has 2 heterocycles. The van der Waals surface area contributed by atoms with Crippen LogP contribution in [0.3, 0.4) is 0 Å². The van der Waals surface area contributed by atoms with Crippen molar-refractivity contribution < 1.29 is 33.0 Å². The number of rotatable bonds is 7. The highest BCUT2D eigenvalue weighted by Gasteiger charge is 2.22. The predicted molar refractivity (Wildman–Crippen MR) is 141 cm³/mol. The number of carbonyl (C=O) groups excluding carboxylic acids is 2. The van der Waals surface area contributed by atoms with Crippen molar-refractivity contribution in [3.63, 3.8) is 0 Å². The summed E-state index contributed by atoms with van der Waals surface area (Å²) < 4.78 is 34.8. The summed E-state index contributed by atoms with van der Waals surface area (Å²) in [5.41, 5.74) is 0.800. The maximum Gasteiger partial charge on any atom is 0.291 e. The Morgan fingerprint density at radius 1 is 1.21 bits per heavy atom. The normalized spacial score (nSPS) is 13.2. The summed E-state index contributed by atoms with van der Waals surface area (Å²) in [7, 11) is 2.76. The van der Waals surface area contributed by atoms with Gasteiger partial charge in [-0.3, -0.25) is 14.4 Å². The van der Waals surface area contributed by atoms with Gasteiger partial charge < -0.3 is 30.4 Å². The molecule has 1 aliphatic heterocycles. The molecule has 10 nitrogen and oxygen atoms in total. The third-order valence-electron chi connectivity index (χ3n) is 6.22. The van der Waals surface area contributed by atoms with E-state index in [-0.39, 0.29) is 40.2 Å². The molecule has 0 aliphatic carbocycles. The van der Waals surface area contributed by atoms with E-state index in [9.17, 15) is 18.4 Å². The van der Waals surface area contributed by atoms with E-state index in [1.807, 2.05) is 0 Å². The number of anilines is 1. The Kier molecular flexibility index (Phi) is 10.4. The fourth-order valence-electron chi connectivity index (χ4n) is 4.14. The molecule has 1 saturated heterocycles. The molecule has 2 aromatic carbocycles. The molecule has 3 aromatic rings. The first-order chi connectivity index (χ1) is 18.7. The highest BCUT2D eigenvalue weighted by atomic mass is 35.5. The van der Waals surface area contributed by atoms with E-state index in [1.54, 1.807) is 6.07 Å². The second kappa shape index (κ2) is 13.7. The summed E-state index contributed by atoms with van der Waals surface area (Å²) >= 11 is 6.32. The molecule has 4 rings (SSSR count). The van der Waals surface area contributed by atoms with Crippen LogP contribution >= 0.6 is 11.6 Å². The number of carboxylic acid groups (broad SMARTS) is 1. The largest absolute Gasteiger partial charge is 0.494 e. The minimum absolute atomic E-state index is 0.0273. The highest BCUT2D eigenvalue weighted by Crippen LogP contribution is 2.30. The van der Waals surface area contributed by atoms with Crippen molar-refractivity contribution >= 4 is 35.6 Å². The third-order valence-corrected chi connectivity index (χ3v) is 6.53. The quantitative estimate of drug-likeness (QED) is 0.322. The molecule has 1 aromatic heterocycles. The van der Waals surface area contributed by atoms with Crippen LogP contribution in [-0.4, -0.2) is 59.7 Å². The number of nitrogens with one attached hydrogen (secondary N) is 3. The van der Waals surface area contributed by atoms with Crippen molar-refractivity contribution in [2.75, 3.05) is 32.1 Å². The van der Waals surface area contributed by atoms with Gasteiger partial charge in [0.2, 0.25) is 5.82 Å². The Hall–Kier alpha value is -4.03. The molecular formula is C26H28ClF2N5O5. The van der Waals surface area contributed by atoms with Crippen LogP contribution in [0, 0.1) is 17.6 Å². The third kappa shape index (κ3) is 7.09. The predicted octanol–water partition coefficient (Wildman–Crippen LogP) is 3.71.